The van der Waals surface area contributed by atoms with Crippen molar-refractivity contribution in [3.63, 3.8) is 0 Å². The van der Waals surface area contributed by atoms with Gasteiger partial charge >= 0.3 is 0 Å². The summed E-state index contributed by atoms with van der Waals surface area (Å²) in [5.74, 6) is 0. The fourth-order valence-corrected chi connectivity index (χ4v) is 4.24. The molecule has 36 heavy (non-hydrogen) atoms. The summed E-state index contributed by atoms with van der Waals surface area (Å²) in [7, 11) is 8.37. The van der Waals surface area contributed by atoms with Crippen molar-refractivity contribution in [2.24, 2.45) is 0 Å². The molecule has 0 amide bonds. The predicted molar refractivity (Wildman–Crippen MR) is 132 cm³/mol. The third-order valence-electron chi connectivity index (χ3n) is 7.38. The second kappa shape index (κ2) is 23.4. The highest BCUT2D eigenvalue weighted by Gasteiger charge is 2.34. The van der Waals surface area contributed by atoms with Gasteiger partial charge in [-0.1, -0.05) is 7.43 Å². The van der Waals surface area contributed by atoms with Gasteiger partial charge in [0, 0.05) is 0 Å². The number of quaternary nitrogens is 4. The molecule has 0 aromatic rings. The number of halogens is 3. The normalized spacial score (nSPS) is 14.8. The van der Waals surface area contributed by atoms with Crippen molar-refractivity contribution in [3.8, 4) is 0 Å². The van der Waals surface area contributed by atoms with Crippen LogP contribution in [-0.2, 0) is 0 Å². The van der Waals surface area contributed by atoms with E-state index in [1.54, 1.807) is 0 Å². The summed E-state index contributed by atoms with van der Waals surface area (Å²) in [5, 5.41) is 57.1. The molecule has 0 aromatic carbocycles. The number of hydrogen-bond acceptors (Lipinski definition) is 6. The van der Waals surface area contributed by atoms with Crippen molar-refractivity contribution >= 4 is 0 Å². The zero-order chi connectivity index (χ0) is 24.7. The Morgan fingerprint density at radius 1 is 0.306 bits per heavy atom. The lowest BCUT2D eigenvalue weighted by Crippen LogP contribution is -3.00. The largest absolute Gasteiger partial charge is 1.00 e. The molecule has 226 valence electrons. The summed E-state index contributed by atoms with van der Waals surface area (Å²) in [4.78, 5) is 0. The first-order valence-corrected chi connectivity index (χ1v) is 12.0. The molecular formula is C23H58Cl3N4O6+. The van der Waals surface area contributed by atoms with Crippen LogP contribution in [-0.4, -0.2) is 195 Å². The van der Waals surface area contributed by atoms with Crippen molar-refractivity contribution in [3.05, 3.63) is 0 Å². The summed E-state index contributed by atoms with van der Waals surface area (Å²) in [6.45, 7) is 8.97. The molecule has 0 radical (unpaired) electrons. The van der Waals surface area contributed by atoms with Gasteiger partial charge in [0.1, 0.15) is 78.5 Å². The Morgan fingerprint density at radius 2 is 0.417 bits per heavy atom. The van der Waals surface area contributed by atoms with Gasteiger partial charge in [-0.25, -0.2) is 0 Å². The lowest BCUT2D eigenvalue weighted by molar-refractivity contribution is -0.996. The molecule has 0 heterocycles. The minimum Gasteiger partial charge on any atom is -1.00 e. The van der Waals surface area contributed by atoms with Crippen molar-refractivity contribution in [2.75, 3.05) is 146 Å². The Bertz CT molecular complexity index is 449. The van der Waals surface area contributed by atoms with E-state index in [1.165, 1.54) is 0 Å². The quantitative estimate of drug-likeness (QED) is 0.0737. The molecule has 0 rings (SSSR count). The van der Waals surface area contributed by atoms with Crippen LogP contribution in [0.3, 0.4) is 0 Å². The maximum Gasteiger partial charge on any atom is 0.129 e. The Labute approximate surface area is 239 Å². The van der Waals surface area contributed by atoms with Crippen LogP contribution in [0.25, 0.3) is 0 Å². The first kappa shape index (κ1) is 46.3. The molecule has 2 atom stereocenters. The molecule has 0 bridgehead atoms. The van der Waals surface area contributed by atoms with E-state index < -0.39 is 0 Å². The number of aliphatic hydroxyl groups excluding tert-OH is 6. The minimum atomic E-state index is 0. The van der Waals surface area contributed by atoms with E-state index in [9.17, 15) is 30.6 Å². The molecule has 13 heteroatoms. The van der Waals surface area contributed by atoms with Crippen LogP contribution in [0.1, 0.15) is 7.43 Å². The second-order valence-corrected chi connectivity index (χ2v) is 10.5. The minimum absolute atomic E-state index is 0. The fourth-order valence-electron chi connectivity index (χ4n) is 4.24. The van der Waals surface area contributed by atoms with Crippen molar-refractivity contribution in [1.29, 1.82) is 0 Å². The van der Waals surface area contributed by atoms with Gasteiger partial charge in [0.15, 0.2) is 0 Å². The summed E-state index contributed by atoms with van der Waals surface area (Å²) < 4.78 is 2.54. The van der Waals surface area contributed by atoms with Crippen LogP contribution in [0.5, 0.6) is 0 Å². The lowest BCUT2D eigenvalue weighted by Gasteiger charge is -2.43. The summed E-state index contributed by atoms with van der Waals surface area (Å²) in [6, 6.07) is 0. The number of nitrogens with zero attached hydrogens (tertiary/aromatic N) is 4. The van der Waals surface area contributed by atoms with Gasteiger partial charge in [-0.05, 0) is 0 Å². The summed E-state index contributed by atoms with van der Waals surface area (Å²) in [5.41, 5.74) is 0. The summed E-state index contributed by atoms with van der Waals surface area (Å²) in [6.07, 6.45) is 0. The monoisotopic (exact) mass is 591 g/mol. The van der Waals surface area contributed by atoms with Gasteiger partial charge in [-0.3, -0.25) is 0 Å². The second-order valence-electron chi connectivity index (χ2n) is 10.5. The fraction of sp³-hybridized carbons (Fsp3) is 1.00. The average Bonchev–Trinajstić information content (AvgIpc) is 2.71. The van der Waals surface area contributed by atoms with Crippen LogP contribution >= 0.6 is 0 Å². The van der Waals surface area contributed by atoms with E-state index >= 15 is 0 Å². The number of likely N-dealkylation sites (N-methyl/N-ethyl adjacent to an activating group) is 4. The van der Waals surface area contributed by atoms with E-state index in [2.05, 4.69) is 14.1 Å². The van der Waals surface area contributed by atoms with Crippen molar-refractivity contribution in [1.82, 2.24) is 0 Å². The molecule has 0 saturated heterocycles. The topological polar surface area (TPSA) is 121 Å². The molecule has 0 aromatic heterocycles. The number of aliphatic hydroxyl groups is 6. The molecule has 0 aliphatic heterocycles. The Kier molecular flexibility index (Phi) is 30.1. The SMILES string of the molecule is C.C[N+](CCO)(CCO)CC[N+](C)(CCO)CC[N+](C)(CCO)CC[N+](C)(CCO)CCO.[Cl-].[Cl-].[Cl-]. The Balaban J connectivity index is -0.000000801. The molecule has 2 unspecified atom stereocenters. The van der Waals surface area contributed by atoms with Crippen LogP contribution in [0.2, 0.25) is 0 Å². The van der Waals surface area contributed by atoms with Crippen LogP contribution in [0.4, 0.5) is 0 Å². The third kappa shape index (κ3) is 18.7. The average molecular weight is 593 g/mol. The number of rotatable bonds is 21. The van der Waals surface area contributed by atoms with E-state index in [4.69, 9.17) is 0 Å². The predicted octanol–water partition coefficient (Wildman–Crippen LogP) is -11.6. The number of hydrogen-bond donors (Lipinski definition) is 6. The van der Waals surface area contributed by atoms with E-state index in [-0.39, 0.29) is 84.3 Å². The van der Waals surface area contributed by atoms with Crippen LogP contribution in [0, 0.1) is 0 Å². The molecule has 0 saturated carbocycles. The van der Waals surface area contributed by atoms with Crippen LogP contribution in [0.15, 0.2) is 0 Å². The maximum atomic E-state index is 9.70. The summed E-state index contributed by atoms with van der Waals surface area (Å²) >= 11 is 0. The molecule has 6 N–H and O–H groups in total. The highest BCUT2D eigenvalue weighted by Crippen LogP contribution is 2.12. The highest BCUT2D eigenvalue weighted by molar-refractivity contribution is 4.49. The van der Waals surface area contributed by atoms with Gasteiger partial charge in [-0.2, -0.15) is 0 Å². The van der Waals surface area contributed by atoms with Gasteiger partial charge in [-0.15, -0.1) is 0 Å². The zero-order valence-electron chi connectivity index (χ0n) is 22.3. The Hall–Kier alpha value is 0.470. The van der Waals surface area contributed by atoms with Gasteiger partial charge < -0.3 is 85.8 Å². The third-order valence-corrected chi connectivity index (χ3v) is 7.38. The molecule has 0 spiro atoms. The van der Waals surface area contributed by atoms with Gasteiger partial charge in [0.25, 0.3) is 0 Å². The Morgan fingerprint density at radius 3 is 0.528 bits per heavy atom. The van der Waals surface area contributed by atoms with E-state index in [0.717, 1.165) is 39.3 Å². The molecule has 10 nitrogen and oxygen atoms in total. The lowest BCUT2D eigenvalue weighted by atomic mass is 10.2. The van der Waals surface area contributed by atoms with E-state index in [1.807, 2.05) is 14.1 Å². The van der Waals surface area contributed by atoms with Crippen molar-refractivity contribution in [2.45, 2.75) is 7.43 Å². The maximum absolute atomic E-state index is 9.70. The van der Waals surface area contributed by atoms with Crippen molar-refractivity contribution < 1.29 is 85.8 Å². The smallest absolute Gasteiger partial charge is 0.129 e. The van der Waals surface area contributed by atoms with Crippen LogP contribution < -0.4 is 37.2 Å². The molecular weight excluding hydrogens is 535 g/mol. The van der Waals surface area contributed by atoms with Gasteiger partial charge in [0.05, 0.1) is 67.8 Å². The standard InChI is InChI=1S/C22H54N4O6.CH4.3ClH/c1-23(11-17-27,7-9-25(3,13-19-29)14-20-30)5-6-24(2,12-18-28)8-10-26(4,15-21-31)16-22-32;;;;/h27-32H,5-22H2,1-4H3;1H4;3*1H/q+4;;;;/p-3. The zero-order valence-corrected chi connectivity index (χ0v) is 24.6. The van der Waals surface area contributed by atoms with E-state index in [0.29, 0.717) is 57.2 Å². The molecule has 0 aliphatic rings. The highest BCUT2D eigenvalue weighted by atomic mass is 35.5. The first-order chi connectivity index (χ1) is 15.0. The first-order valence-electron chi connectivity index (χ1n) is 12.0. The molecule has 0 fully saturated rings. The van der Waals surface area contributed by atoms with Gasteiger partial charge in [0.2, 0.25) is 0 Å². The molecule has 0 aliphatic carbocycles.